The van der Waals surface area contributed by atoms with E-state index in [4.69, 9.17) is 11.5 Å². The number of rotatable bonds is 13. The molecule has 32 heavy (non-hydrogen) atoms. The Balaban J connectivity index is 2.79. The molecule has 0 aliphatic rings. The molecule has 1 aromatic rings. The van der Waals surface area contributed by atoms with Crippen LogP contribution in [-0.2, 0) is 30.4 Å². The summed E-state index contributed by atoms with van der Waals surface area (Å²) >= 11 is 0. The summed E-state index contributed by atoms with van der Waals surface area (Å²) in [6.45, 7) is 0.759. The molecule has 0 spiro atoms. The third-order valence-corrected chi connectivity index (χ3v) is 4.47. The van der Waals surface area contributed by atoms with Crippen molar-refractivity contribution < 1.29 is 34.2 Å². The maximum atomic E-state index is 12.7. The number of nitrogens with two attached hydrogens (primary N) is 2. The Morgan fingerprint density at radius 3 is 2.16 bits per heavy atom. The fraction of sp³-hybridized carbons (Fsp3) is 0.450. The molecule has 9 N–H and O–H groups in total. The SMILES string of the molecule is CC(O)C(N)C(=O)NCC(=O)NC(CCC(N)=O)C(=O)NC(Cc1ccccc1)C(=O)O. The summed E-state index contributed by atoms with van der Waals surface area (Å²) in [6, 6.07) is 4.83. The number of carboxylic acid groups (broad SMARTS) is 1. The topological polar surface area (TPSA) is 214 Å². The predicted octanol–water partition coefficient (Wildman–Crippen LogP) is -2.63. The predicted molar refractivity (Wildman–Crippen MR) is 113 cm³/mol. The van der Waals surface area contributed by atoms with E-state index in [1.807, 2.05) is 0 Å². The molecule has 0 aromatic heterocycles. The molecule has 0 saturated heterocycles. The minimum absolute atomic E-state index is 0.00564. The lowest BCUT2D eigenvalue weighted by Crippen LogP contribution is -2.54. The number of aliphatic carboxylic acids is 1. The zero-order valence-electron chi connectivity index (χ0n) is 17.6. The van der Waals surface area contributed by atoms with E-state index in [0.717, 1.165) is 0 Å². The first-order valence-electron chi connectivity index (χ1n) is 9.87. The highest BCUT2D eigenvalue weighted by molar-refractivity contribution is 5.93. The van der Waals surface area contributed by atoms with Crippen LogP contribution in [0, 0.1) is 0 Å². The summed E-state index contributed by atoms with van der Waals surface area (Å²) in [5.41, 5.74) is 11.2. The summed E-state index contributed by atoms with van der Waals surface area (Å²) in [4.78, 5) is 59.3. The second-order valence-electron chi connectivity index (χ2n) is 7.20. The van der Waals surface area contributed by atoms with E-state index in [0.29, 0.717) is 5.56 Å². The molecule has 0 aliphatic heterocycles. The van der Waals surface area contributed by atoms with Crippen LogP contribution in [0.3, 0.4) is 0 Å². The molecule has 176 valence electrons. The highest BCUT2D eigenvalue weighted by Crippen LogP contribution is 2.05. The summed E-state index contributed by atoms with van der Waals surface area (Å²) in [5, 5.41) is 25.6. The third-order valence-electron chi connectivity index (χ3n) is 4.47. The Morgan fingerprint density at radius 2 is 1.62 bits per heavy atom. The van der Waals surface area contributed by atoms with Crippen LogP contribution >= 0.6 is 0 Å². The van der Waals surface area contributed by atoms with E-state index < -0.39 is 60.4 Å². The number of aliphatic hydroxyl groups excluding tert-OH is 1. The van der Waals surface area contributed by atoms with E-state index in [-0.39, 0.29) is 19.3 Å². The molecular weight excluding hydrogens is 422 g/mol. The van der Waals surface area contributed by atoms with Gasteiger partial charge in [0.25, 0.3) is 0 Å². The highest BCUT2D eigenvalue weighted by Gasteiger charge is 2.27. The molecule has 12 nitrogen and oxygen atoms in total. The average Bonchev–Trinajstić information content (AvgIpc) is 2.74. The lowest BCUT2D eigenvalue weighted by Gasteiger charge is -2.22. The highest BCUT2D eigenvalue weighted by atomic mass is 16.4. The molecule has 1 aromatic carbocycles. The largest absolute Gasteiger partial charge is 0.480 e. The summed E-state index contributed by atoms with van der Waals surface area (Å²) in [6.07, 6.45) is -1.55. The molecule has 12 heteroatoms. The van der Waals surface area contributed by atoms with Crippen LogP contribution in [0.2, 0.25) is 0 Å². The van der Waals surface area contributed by atoms with Gasteiger partial charge in [0.15, 0.2) is 0 Å². The molecule has 4 atom stereocenters. The van der Waals surface area contributed by atoms with Crippen LogP contribution in [0.4, 0.5) is 0 Å². The van der Waals surface area contributed by atoms with Gasteiger partial charge in [0.05, 0.1) is 12.6 Å². The molecule has 4 unspecified atom stereocenters. The summed E-state index contributed by atoms with van der Waals surface area (Å²) in [5.74, 6) is -4.37. The van der Waals surface area contributed by atoms with Gasteiger partial charge in [-0.25, -0.2) is 4.79 Å². The second-order valence-corrected chi connectivity index (χ2v) is 7.20. The maximum absolute atomic E-state index is 12.7. The Morgan fingerprint density at radius 1 is 1.00 bits per heavy atom. The smallest absolute Gasteiger partial charge is 0.326 e. The van der Waals surface area contributed by atoms with E-state index >= 15 is 0 Å². The molecule has 0 fully saturated rings. The molecule has 1 rings (SSSR count). The van der Waals surface area contributed by atoms with Gasteiger partial charge in [-0.3, -0.25) is 19.2 Å². The van der Waals surface area contributed by atoms with Gasteiger partial charge < -0.3 is 37.6 Å². The summed E-state index contributed by atoms with van der Waals surface area (Å²) in [7, 11) is 0. The average molecular weight is 451 g/mol. The van der Waals surface area contributed by atoms with Crippen molar-refractivity contribution in [2.45, 2.75) is 50.4 Å². The number of carbonyl (C=O) groups is 5. The van der Waals surface area contributed by atoms with Gasteiger partial charge in [-0.2, -0.15) is 0 Å². The Labute approximate surface area is 184 Å². The quantitative estimate of drug-likeness (QED) is 0.168. The second kappa shape index (κ2) is 13.0. The molecule has 0 aliphatic carbocycles. The van der Waals surface area contributed by atoms with Crippen molar-refractivity contribution in [3.63, 3.8) is 0 Å². The van der Waals surface area contributed by atoms with Gasteiger partial charge >= 0.3 is 5.97 Å². The maximum Gasteiger partial charge on any atom is 0.326 e. The fourth-order valence-corrected chi connectivity index (χ4v) is 2.63. The minimum atomic E-state index is -1.28. The number of benzene rings is 1. The van der Waals surface area contributed by atoms with Crippen molar-refractivity contribution >= 4 is 29.6 Å². The number of hydrogen-bond acceptors (Lipinski definition) is 7. The zero-order valence-corrected chi connectivity index (χ0v) is 17.6. The normalized spacial score (nSPS) is 14.3. The molecule has 0 bridgehead atoms. The first kappa shape index (κ1) is 26.5. The number of primary amides is 1. The zero-order chi connectivity index (χ0) is 24.3. The third kappa shape index (κ3) is 9.53. The number of amides is 4. The number of carbonyl (C=O) groups excluding carboxylic acids is 4. The molecular formula is C20H29N5O7. The molecule has 0 radical (unpaired) electrons. The van der Waals surface area contributed by atoms with Crippen LogP contribution in [0.5, 0.6) is 0 Å². The monoisotopic (exact) mass is 451 g/mol. The fourth-order valence-electron chi connectivity index (χ4n) is 2.63. The number of hydrogen-bond donors (Lipinski definition) is 7. The van der Waals surface area contributed by atoms with Gasteiger partial charge in [-0.15, -0.1) is 0 Å². The van der Waals surface area contributed by atoms with Crippen LogP contribution in [0.15, 0.2) is 30.3 Å². The number of aliphatic hydroxyl groups is 1. The molecule has 0 heterocycles. The van der Waals surface area contributed by atoms with E-state index in [2.05, 4.69) is 16.0 Å². The number of carboxylic acids is 1. The van der Waals surface area contributed by atoms with Crippen LogP contribution in [0.1, 0.15) is 25.3 Å². The Kier molecular flexibility index (Phi) is 10.8. The van der Waals surface area contributed by atoms with E-state index in [1.165, 1.54) is 6.92 Å². The van der Waals surface area contributed by atoms with Gasteiger partial charge in [0, 0.05) is 12.8 Å². The Bertz CT molecular complexity index is 816. The van der Waals surface area contributed by atoms with Crippen LogP contribution in [-0.4, -0.2) is 70.6 Å². The van der Waals surface area contributed by atoms with E-state index in [9.17, 15) is 34.2 Å². The molecule has 4 amide bonds. The van der Waals surface area contributed by atoms with Gasteiger partial charge in [-0.05, 0) is 18.9 Å². The van der Waals surface area contributed by atoms with Crippen molar-refractivity contribution in [1.82, 2.24) is 16.0 Å². The lowest BCUT2D eigenvalue weighted by atomic mass is 10.0. The number of nitrogens with one attached hydrogen (secondary N) is 3. The Hall–Kier alpha value is -3.51. The van der Waals surface area contributed by atoms with Gasteiger partial charge in [0.1, 0.15) is 18.1 Å². The van der Waals surface area contributed by atoms with Gasteiger partial charge in [-0.1, -0.05) is 30.3 Å². The van der Waals surface area contributed by atoms with Gasteiger partial charge in [0.2, 0.25) is 23.6 Å². The standard InChI is InChI=1S/C20H29N5O7/c1-11(26)17(22)19(30)23-10-16(28)24-13(7-8-15(21)27)18(29)25-14(20(31)32)9-12-5-3-2-4-6-12/h2-6,11,13-14,17,26H,7-10,22H2,1H3,(H2,21,27)(H,23,30)(H,24,28)(H,25,29)(H,31,32). The van der Waals surface area contributed by atoms with E-state index in [1.54, 1.807) is 30.3 Å². The first-order valence-corrected chi connectivity index (χ1v) is 9.87. The van der Waals surface area contributed by atoms with Crippen molar-refractivity contribution in [2.75, 3.05) is 6.54 Å². The van der Waals surface area contributed by atoms with Crippen molar-refractivity contribution in [3.8, 4) is 0 Å². The summed E-state index contributed by atoms with van der Waals surface area (Å²) < 4.78 is 0. The van der Waals surface area contributed by atoms with Crippen LogP contribution < -0.4 is 27.4 Å². The minimum Gasteiger partial charge on any atom is -0.480 e. The first-order chi connectivity index (χ1) is 15.0. The van der Waals surface area contributed by atoms with Crippen molar-refractivity contribution in [1.29, 1.82) is 0 Å². The molecule has 0 saturated carbocycles. The lowest BCUT2D eigenvalue weighted by molar-refractivity contribution is -0.142. The van der Waals surface area contributed by atoms with Crippen molar-refractivity contribution in [2.24, 2.45) is 11.5 Å². The van der Waals surface area contributed by atoms with Crippen LogP contribution in [0.25, 0.3) is 0 Å². The van der Waals surface area contributed by atoms with Crippen molar-refractivity contribution in [3.05, 3.63) is 35.9 Å².